The Kier molecular flexibility index (Phi) is 7.10. The number of carbonyl (C=O) groups excluding carboxylic acids is 1. The molecule has 162 valence electrons. The minimum absolute atomic E-state index is 0.0375. The molecule has 1 saturated heterocycles. The molecule has 0 unspecified atom stereocenters. The molecular weight excluding hydrogens is 406 g/mol. The lowest BCUT2D eigenvalue weighted by Crippen LogP contribution is -2.33. The lowest BCUT2D eigenvalue weighted by molar-refractivity contribution is 0.0949. The first-order chi connectivity index (χ1) is 15.1. The third-order valence-corrected chi connectivity index (χ3v) is 6.62. The summed E-state index contributed by atoms with van der Waals surface area (Å²) in [6.45, 7) is 7.93. The van der Waals surface area contributed by atoms with E-state index in [4.69, 9.17) is 4.42 Å². The Balaban J connectivity index is 1.33. The van der Waals surface area contributed by atoms with Gasteiger partial charge in [-0.1, -0.05) is 17.7 Å². The van der Waals surface area contributed by atoms with Crippen molar-refractivity contribution in [1.82, 2.24) is 15.2 Å². The van der Waals surface area contributed by atoms with Crippen LogP contribution in [0.2, 0.25) is 0 Å². The molecule has 1 N–H and O–H groups in total. The van der Waals surface area contributed by atoms with Crippen molar-refractivity contribution in [2.24, 2.45) is 0 Å². The summed E-state index contributed by atoms with van der Waals surface area (Å²) in [6, 6.07) is 16.0. The lowest BCUT2D eigenvalue weighted by atomic mass is 10.1. The quantitative estimate of drug-likeness (QED) is 0.500. The van der Waals surface area contributed by atoms with Gasteiger partial charge < -0.3 is 14.6 Å². The maximum Gasteiger partial charge on any atom is 0.251 e. The van der Waals surface area contributed by atoms with Gasteiger partial charge in [-0.15, -0.1) is 11.8 Å². The summed E-state index contributed by atoms with van der Waals surface area (Å²) in [5.74, 6) is 2.15. The topological polar surface area (TPSA) is 58.4 Å². The molecule has 1 aliphatic rings. The van der Waals surface area contributed by atoms with Gasteiger partial charge in [0.05, 0.1) is 5.69 Å². The molecule has 1 aromatic heterocycles. The van der Waals surface area contributed by atoms with Gasteiger partial charge >= 0.3 is 0 Å². The van der Waals surface area contributed by atoms with Crippen LogP contribution in [-0.2, 0) is 5.75 Å². The molecule has 31 heavy (non-hydrogen) atoms. The monoisotopic (exact) mass is 435 g/mol. The van der Waals surface area contributed by atoms with Crippen LogP contribution >= 0.6 is 11.8 Å². The van der Waals surface area contributed by atoms with Crippen LogP contribution in [0.5, 0.6) is 0 Å². The first kappa shape index (κ1) is 21.7. The Morgan fingerprint density at radius 3 is 2.48 bits per heavy atom. The third kappa shape index (κ3) is 5.77. The van der Waals surface area contributed by atoms with E-state index >= 15 is 0 Å². The van der Waals surface area contributed by atoms with Gasteiger partial charge in [0.15, 0.2) is 0 Å². The number of nitrogens with one attached hydrogen (secondary N) is 1. The molecule has 1 aliphatic heterocycles. The molecule has 3 aromatic rings. The van der Waals surface area contributed by atoms with E-state index in [9.17, 15) is 4.79 Å². The maximum absolute atomic E-state index is 12.4. The predicted molar refractivity (Wildman–Crippen MR) is 125 cm³/mol. The van der Waals surface area contributed by atoms with Gasteiger partial charge in [0.1, 0.15) is 5.76 Å². The van der Waals surface area contributed by atoms with Crippen LogP contribution in [0.4, 0.5) is 0 Å². The fourth-order valence-electron chi connectivity index (χ4n) is 3.67. The highest BCUT2D eigenvalue weighted by Gasteiger charge is 2.14. The Labute approximate surface area is 188 Å². The second kappa shape index (κ2) is 10.2. The Morgan fingerprint density at radius 2 is 1.77 bits per heavy atom. The molecule has 6 heteroatoms. The van der Waals surface area contributed by atoms with Crippen LogP contribution in [0.15, 0.2) is 57.8 Å². The minimum Gasteiger partial charge on any atom is -0.441 e. The summed E-state index contributed by atoms with van der Waals surface area (Å²) < 4.78 is 5.90. The molecule has 0 spiro atoms. The highest BCUT2D eigenvalue weighted by molar-refractivity contribution is 7.98. The van der Waals surface area contributed by atoms with E-state index in [1.54, 1.807) is 11.8 Å². The number of rotatable bonds is 8. The van der Waals surface area contributed by atoms with Gasteiger partial charge in [-0.25, -0.2) is 4.98 Å². The standard InChI is InChI=1S/C25H29N3O2S/c1-18-5-11-22(12-6-18)31-17-23-19(2)30-25(27-23)21-9-7-20(8-10-21)24(29)26-13-16-28-14-3-4-15-28/h5-12H,3-4,13-17H2,1-2H3,(H,26,29). The molecular formula is C25H29N3O2S. The summed E-state index contributed by atoms with van der Waals surface area (Å²) >= 11 is 1.75. The zero-order valence-corrected chi connectivity index (χ0v) is 19.0. The van der Waals surface area contributed by atoms with Crippen molar-refractivity contribution < 1.29 is 9.21 Å². The van der Waals surface area contributed by atoms with E-state index in [-0.39, 0.29) is 5.91 Å². The fourth-order valence-corrected chi connectivity index (χ4v) is 4.57. The molecule has 0 saturated carbocycles. The van der Waals surface area contributed by atoms with E-state index in [1.165, 1.54) is 23.3 Å². The SMILES string of the molecule is Cc1ccc(SCc2nc(-c3ccc(C(=O)NCCN4CCCC4)cc3)oc2C)cc1. The number of likely N-dealkylation sites (tertiary alicyclic amines) is 1. The highest BCUT2D eigenvalue weighted by atomic mass is 32.2. The Bertz CT molecular complexity index is 1010. The summed E-state index contributed by atoms with van der Waals surface area (Å²) in [4.78, 5) is 20.7. The van der Waals surface area contributed by atoms with Crippen molar-refractivity contribution in [2.75, 3.05) is 26.2 Å². The van der Waals surface area contributed by atoms with E-state index < -0.39 is 0 Å². The first-order valence-electron chi connectivity index (χ1n) is 10.9. The third-order valence-electron chi connectivity index (χ3n) is 5.60. The second-order valence-electron chi connectivity index (χ2n) is 8.01. The van der Waals surface area contributed by atoms with E-state index in [0.29, 0.717) is 18.0 Å². The minimum atomic E-state index is -0.0375. The van der Waals surface area contributed by atoms with Gasteiger partial charge in [0.2, 0.25) is 5.89 Å². The predicted octanol–water partition coefficient (Wildman–Crippen LogP) is 5.08. The average molecular weight is 436 g/mol. The van der Waals surface area contributed by atoms with E-state index in [2.05, 4.69) is 46.4 Å². The number of hydrogen-bond acceptors (Lipinski definition) is 5. The summed E-state index contributed by atoms with van der Waals surface area (Å²) in [5, 5.41) is 3.01. The molecule has 2 aromatic carbocycles. The van der Waals surface area contributed by atoms with E-state index in [0.717, 1.165) is 42.4 Å². The fraction of sp³-hybridized carbons (Fsp3) is 0.360. The normalized spacial score (nSPS) is 14.1. The number of aryl methyl sites for hydroxylation is 2. The van der Waals surface area contributed by atoms with E-state index in [1.807, 2.05) is 31.2 Å². The summed E-state index contributed by atoms with van der Waals surface area (Å²) in [6.07, 6.45) is 2.53. The molecule has 5 nitrogen and oxygen atoms in total. The molecule has 0 atom stereocenters. The summed E-state index contributed by atoms with van der Waals surface area (Å²) in [7, 11) is 0. The molecule has 0 aliphatic carbocycles. The number of amides is 1. The second-order valence-corrected chi connectivity index (χ2v) is 9.05. The van der Waals surface area contributed by atoms with Gasteiger partial charge in [0.25, 0.3) is 5.91 Å². The molecule has 0 bridgehead atoms. The van der Waals surface area contributed by atoms with Crippen molar-refractivity contribution in [3.8, 4) is 11.5 Å². The number of nitrogens with zero attached hydrogens (tertiary/aromatic N) is 2. The molecule has 1 fully saturated rings. The largest absolute Gasteiger partial charge is 0.441 e. The van der Waals surface area contributed by atoms with Crippen LogP contribution in [0.25, 0.3) is 11.5 Å². The van der Waals surface area contributed by atoms with Crippen LogP contribution in [0.1, 0.15) is 40.2 Å². The zero-order chi connectivity index (χ0) is 21.6. The highest BCUT2D eigenvalue weighted by Crippen LogP contribution is 2.28. The smallest absolute Gasteiger partial charge is 0.251 e. The van der Waals surface area contributed by atoms with Crippen LogP contribution in [0.3, 0.4) is 0 Å². The van der Waals surface area contributed by atoms with Crippen molar-refractivity contribution in [3.05, 3.63) is 71.1 Å². The molecule has 4 rings (SSSR count). The molecule has 0 radical (unpaired) electrons. The zero-order valence-electron chi connectivity index (χ0n) is 18.2. The number of thioether (sulfide) groups is 1. The molecule has 1 amide bonds. The van der Waals surface area contributed by atoms with Gasteiger partial charge in [-0.2, -0.15) is 0 Å². The Hall–Kier alpha value is -2.57. The number of oxazole rings is 1. The summed E-state index contributed by atoms with van der Waals surface area (Å²) in [5.41, 5.74) is 3.74. The number of aromatic nitrogens is 1. The van der Waals surface area contributed by atoms with Gasteiger partial charge in [0, 0.05) is 34.9 Å². The van der Waals surface area contributed by atoms with Crippen LogP contribution in [0, 0.1) is 13.8 Å². The number of hydrogen-bond donors (Lipinski definition) is 1. The van der Waals surface area contributed by atoms with Crippen LogP contribution in [-0.4, -0.2) is 42.0 Å². The maximum atomic E-state index is 12.4. The molecule has 2 heterocycles. The van der Waals surface area contributed by atoms with Crippen molar-refractivity contribution in [2.45, 2.75) is 37.3 Å². The Morgan fingerprint density at radius 1 is 1.06 bits per heavy atom. The van der Waals surface area contributed by atoms with Gasteiger partial charge in [-0.05, 0) is 76.2 Å². The van der Waals surface area contributed by atoms with Crippen molar-refractivity contribution in [3.63, 3.8) is 0 Å². The number of benzene rings is 2. The van der Waals surface area contributed by atoms with Gasteiger partial charge in [-0.3, -0.25) is 4.79 Å². The lowest BCUT2D eigenvalue weighted by Gasteiger charge is -2.14. The van der Waals surface area contributed by atoms with Crippen molar-refractivity contribution >= 4 is 17.7 Å². The number of carbonyl (C=O) groups is 1. The average Bonchev–Trinajstić information content (AvgIpc) is 3.43. The van der Waals surface area contributed by atoms with Crippen LogP contribution < -0.4 is 5.32 Å². The first-order valence-corrected chi connectivity index (χ1v) is 11.8. The van der Waals surface area contributed by atoms with Crippen molar-refractivity contribution in [1.29, 1.82) is 0 Å².